The van der Waals surface area contributed by atoms with Gasteiger partial charge in [-0.3, -0.25) is 9.79 Å². The van der Waals surface area contributed by atoms with E-state index in [4.69, 9.17) is 9.47 Å². The van der Waals surface area contributed by atoms with Crippen LogP contribution in [0, 0.1) is 5.92 Å². The molecule has 1 aromatic carbocycles. The van der Waals surface area contributed by atoms with Crippen molar-refractivity contribution in [2.75, 3.05) is 54.1 Å². The van der Waals surface area contributed by atoms with Crippen LogP contribution in [-0.2, 0) is 16.0 Å². The lowest BCUT2D eigenvalue weighted by molar-refractivity contribution is 0.0203. The summed E-state index contributed by atoms with van der Waals surface area (Å²) in [5.74, 6) is 1.42. The van der Waals surface area contributed by atoms with Gasteiger partial charge in [-0.25, -0.2) is 0 Å². The van der Waals surface area contributed by atoms with Crippen molar-refractivity contribution < 1.29 is 14.3 Å². The van der Waals surface area contributed by atoms with Gasteiger partial charge in [-0.15, -0.1) is 0 Å². The Labute approximate surface area is 168 Å². The third-order valence-corrected chi connectivity index (χ3v) is 4.74. The summed E-state index contributed by atoms with van der Waals surface area (Å²) < 4.78 is 11.1. The van der Waals surface area contributed by atoms with Crippen molar-refractivity contribution in [1.29, 1.82) is 0 Å². The SMILES string of the molecule is CN=C(NCCCOCC1CCOCC1)NCc1ccc(C(=O)N(C)C)cc1. The van der Waals surface area contributed by atoms with Crippen molar-refractivity contribution in [3.8, 4) is 0 Å². The maximum Gasteiger partial charge on any atom is 0.253 e. The van der Waals surface area contributed by atoms with Crippen LogP contribution >= 0.6 is 0 Å². The van der Waals surface area contributed by atoms with Gasteiger partial charge in [0, 0.05) is 66.2 Å². The van der Waals surface area contributed by atoms with E-state index in [0.29, 0.717) is 18.0 Å². The highest BCUT2D eigenvalue weighted by Crippen LogP contribution is 2.14. The van der Waals surface area contributed by atoms with Crippen molar-refractivity contribution in [3.05, 3.63) is 35.4 Å². The maximum atomic E-state index is 11.9. The molecule has 7 heteroatoms. The van der Waals surface area contributed by atoms with Crippen molar-refractivity contribution in [2.45, 2.75) is 25.8 Å². The predicted octanol–water partition coefficient (Wildman–Crippen LogP) is 1.89. The van der Waals surface area contributed by atoms with Gasteiger partial charge < -0.3 is 25.0 Å². The average Bonchev–Trinajstić information content (AvgIpc) is 2.73. The van der Waals surface area contributed by atoms with E-state index < -0.39 is 0 Å². The van der Waals surface area contributed by atoms with Gasteiger partial charge >= 0.3 is 0 Å². The Kier molecular flexibility index (Phi) is 9.79. The maximum absolute atomic E-state index is 11.9. The quantitative estimate of drug-likeness (QED) is 0.383. The topological polar surface area (TPSA) is 75.2 Å². The Morgan fingerprint density at radius 1 is 1.21 bits per heavy atom. The van der Waals surface area contributed by atoms with Gasteiger partial charge in [-0.1, -0.05) is 12.1 Å². The Morgan fingerprint density at radius 2 is 1.93 bits per heavy atom. The molecule has 1 aliphatic heterocycles. The second kappa shape index (κ2) is 12.4. The molecule has 1 aromatic rings. The highest BCUT2D eigenvalue weighted by Gasteiger charge is 2.13. The van der Waals surface area contributed by atoms with Gasteiger partial charge in [-0.05, 0) is 42.9 Å². The monoisotopic (exact) mass is 390 g/mol. The van der Waals surface area contributed by atoms with Crippen LogP contribution in [0.2, 0.25) is 0 Å². The molecule has 1 aliphatic rings. The van der Waals surface area contributed by atoms with Gasteiger partial charge in [0.05, 0.1) is 0 Å². The Balaban J connectivity index is 1.60. The van der Waals surface area contributed by atoms with Gasteiger partial charge in [0.15, 0.2) is 5.96 Å². The number of benzene rings is 1. The molecule has 2 rings (SSSR count). The Morgan fingerprint density at radius 3 is 2.57 bits per heavy atom. The van der Waals surface area contributed by atoms with E-state index in [2.05, 4.69) is 15.6 Å². The number of carbonyl (C=O) groups is 1. The summed E-state index contributed by atoms with van der Waals surface area (Å²) in [6.45, 7) is 4.78. The summed E-state index contributed by atoms with van der Waals surface area (Å²) in [7, 11) is 5.27. The molecule has 156 valence electrons. The summed E-state index contributed by atoms with van der Waals surface area (Å²) in [6.07, 6.45) is 3.16. The van der Waals surface area contributed by atoms with Crippen LogP contribution in [0.4, 0.5) is 0 Å². The predicted molar refractivity (Wildman–Crippen MR) is 112 cm³/mol. The van der Waals surface area contributed by atoms with Crippen molar-refractivity contribution >= 4 is 11.9 Å². The highest BCUT2D eigenvalue weighted by atomic mass is 16.5. The van der Waals surface area contributed by atoms with Crippen LogP contribution in [-0.4, -0.2) is 70.9 Å². The van der Waals surface area contributed by atoms with E-state index in [0.717, 1.165) is 63.8 Å². The van der Waals surface area contributed by atoms with Crippen LogP contribution in [0.25, 0.3) is 0 Å². The summed E-state index contributed by atoms with van der Waals surface area (Å²) in [6, 6.07) is 7.62. The zero-order chi connectivity index (χ0) is 20.2. The number of ether oxygens (including phenoxy) is 2. The molecule has 1 fully saturated rings. The van der Waals surface area contributed by atoms with Crippen molar-refractivity contribution in [1.82, 2.24) is 15.5 Å². The summed E-state index contributed by atoms with van der Waals surface area (Å²) in [5.41, 5.74) is 1.79. The van der Waals surface area contributed by atoms with E-state index in [1.807, 2.05) is 24.3 Å². The molecule has 0 radical (unpaired) electrons. The van der Waals surface area contributed by atoms with Crippen LogP contribution in [0.3, 0.4) is 0 Å². The summed E-state index contributed by atoms with van der Waals surface area (Å²) in [5, 5.41) is 6.59. The fourth-order valence-electron chi connectivity index (χ4n) is 2.97. The first-order chi connectivity index (χ1) is 13.6. The lowest BCUT2D eigenvalue weighted by Crippen LogP contribution is -2.37. The second-order valence-corrected chi connectivity index (χ2v) is 7.23. The Hall–Kier alpha value is -2.12. The molecule has 1 heterocycles. The molecule has 1 saturated heterocycles. The normalized spacial score (nSPS) is 15.3. The first-order valence-electron chi connectivity index (χ1n) is 10.0. The molecule has 0 spiro atoms. The molecule has 0 aliphatic carbocycles. The Bertz CT molecular complexity index is 611. The molecule has 0 unspecified atom stereocenters. The smallest absolute Gasteiger partial charge is 0.253 e. The molecule has 28 heavy (non-hydrogen) atoms. The highest BCUT2D eigenvalue weighted by molar-refractivity contribution is 5.93. The number of guanidine groups is 1. The molecule has 0 bridgehead atoms. The fourth-order valence-corrected chi connectivity index (χ4v) is 2.97. The van der Waals surface area contributed by atoms with Gasteiger partial charge in [-0.2, -0.15) is 0 Å². The first kappa shape index (κ1) is 22.2. The number of nitrogens with zero attached hydrogens (tertiary/aromatic N) is 2. The van der Waals surface area contributed by atoms with Gasteiger partial charge in [0.25, 0.3) is 5.91 Å². The minimum Gasteiger partial charge on any atom is -0.381 e. The minimum absolute atomic E-state index is 0.0102. The van der Waals surface area contributed by atoms with Crippen LogP contribution in [0.15, 0.2) is 29.3 Å². The van der Waals surface area contributed by atoms with Gasteiger partial charge in [0.2, 0.25) is 0 Å². The zero-order valence-corrected chi connectivity index (χ0v) is 17.4. The van der Waals surface area contributed by atoms with E-state index in [-0.39, 0.29) is 5.91 Å². The zero-order valence-electron chi connectivity index (χ0n) is 17.4. The number of hydrogen-bond acceptors (Lipinski definition) is 4. The standard InChI is InChI=1S/C21H34N4O3/c1-22-21(23-11-4-12-28-16-18-9-13-27-14-10-18)24-15-17-5-7-19(8-6-17)20(26)25(2)3/h5-8,18H,4,9-16H2,1-3H3,(H2,22,23,24). The van der Waals surface area contributed by atoms with Crippen molar-refractivity contribution in [2.24, 2.45) is 10.9 Å². The van der Waals surface area contributed by atoms with E-state index in [1.165, 1.54) is 0 Å². The number of amides is 1. The summed E-state index contributed by atoms with van der Waals surface area (Å²) >= 11 is 0. The largest absolute Gasteiger partial charge is 0.381 e. The first-order valence-corrected chi connectivity index (χ1v) is 10.0. The van der Waals surface area contributed by atoms with E-state index in [9.17, 15) is 4.79 Å². The molecular weight excluding hydrogens is 356 g/mol. The average molecular weight is 391 g/mol. The lowest BCUT2D eigenvalue weighted by Gasteiger charge is -2.21. The molecule has 0 atom stereocenters. The number of rotatable bonds is 9. The number of nitrogens with one attached hydrogen (secondary N) is 2. The molecule has 7 nitrogen and oxygen atoms in total. The molecule has 0 saturated carbocycles. The minimum atomic E-state index is 0.0102. The number of hydrogen-bond donors (Lipinski definition) is 2. The number of carbonyl (C=O) groups excluding carboxylic acids is 1. The number of aliphatic imine (C=N–C) groups is 1. The van der Waals surface area contributed by atoms with Crippen LogP contribution < -0.4 is 10.6 Å². The molecular formula is C21H34N4O3. The molecule has 2 N–H and O–H groups in total. The lowest BCUT2D eigenvalue weighted by atomic mass is 10.0. The fraction of sp³-hybridized carbons (Fsp3) is 0.619. The third-order valence-electron chi connectivity index (χ3n) is 4.74. The second-order valence-electron chi connectivity index (χ2n) is 7.23. The molecule has 1 amide bonds. The van der Waals surface area contributed by atoms with E-state index >= 15 is 0 Å². The summed E-state index contributed by atoms with van der Waals surface area (Å²) in [4.78, 5) is 17.7. The molecule has 0 aromatic heterocycles. The van der Waals surface area contributed by atoms with Crippen LogP contribution in [0.1, 0.15) is 35.2 Å². The van der Waals surface area contributed by atoms with Crippen LogP contribution in [0.5, 0.6) is 0 Å². The van der Waals surface area contributed by atoms with E-state index in [1.54, 1.807) is 26.0 Å². The third kappa shape index (κ3) is 7.86. The van der Waals surface area contributed by atoms with Gasteiger partial charge in [0.1, 0.15) is 0 Å². The van der Waals surface area contributed by atoms with Crippen molar-refractivity contribution in [3.63, 3.8) is 0 Å².